The van der Waals surface area contributed by atoms with Crippen LogP contribution in [0.3, 0.4) is 0 Å². The van der Waals surface area contributed by atoms with Gasteiger partial charge in [-0.3, -0.25) is 0 Å². The monoisotopic (exact) mass is 239 g/mol. The average Bonchev–Trinajstić information content (AvgIpc) is 2.16. The van der Waals surface area contributed by atoms with Gasteiger partial charge in [0, 0.05) is 12.1 Å². The highest BCUT2D eigenvalue weighted by atomic mass is 19.4. The van der Waals surface area contributed by atoms with E-state index in [1.807, 2.05) is 5.32 Å². The number of halogens is 5. The summed E-state index contributed by atoms with van der Waals surface area (Å²) in [5.74, 6) is -1.66. The highest BCUT2D eigenvalue weighted by molar-refractivity contribution is 5.26. The van der Waals surface area contributed by atoms with Gasteiger partial charge < -0.3 is 5.32 Å². The van der Waals surface area contributed by atoms with Crippen molar-refractivity contribution in [3.05, 3.63) is 34.9 Å². The number of alkyl halides is 3. The molecule has 0 saturated carbocycles. The van der Waals surface area contributed by atoms with Gasteiger partial charge in [-0.1, -0.05) is 6.07 Å². The fraction of sp³-hybridized carbons (Fsp3) is 0.400. The van der Waals surface area contributed by atoms with Crippen LogP contribution in [0.1, 0.15) is 11.1 Å². The summed E-state index contributed by atoms with van der Waals surface area (Å²) in [5, 5.41) is 1.95. The predicted molar refractivity (Wildman–Crippen MR) is 48.9 cm³/mol. The molecular formula is C10H10F5N. The third kappa shape index (κ3) is 3.44. The quantitative estimate of drug-likeness (QED) is 0.800. The first-order chi connectivity index (χ1) is 7.31. The first-order valence-electron chi connectivity index (χ1n) is 4.52. The highest BCUT2D eigenvalue weighted by Crippen LogP contribution is 2.17. The van der Waals surface area contributed by atoms with E-state index in [9.17, 15) is 22.0 Å². The zero-order valence-corrected chi connectivity index (χ0v) is 8.46. The van der Waals surface area contributed by atoms with Gasteiger partial charge in [-0.15, -0.1) is 0 Å². The summed E-state index contributed by atoms with van der Waals surface area (Å²) < 4.78 is 61.8. The van der Waals surface area contributed by atoms with E-state index < -0.39 is 30.9 Å². The summed E-state index contributed by atoms with van der Waals surface area (Å²) in [4.78, 5) is 0. The van der Waals surface area contributed by atoms with E-state index in [1.165, 1.54) is 13.0 Å². The fourth-order valence-corrected chi connectivity index (χ4v) is 1.21. The van der Waals surface area contributed by atoms with Crippen LogP contribution in [0.25, 0.3) is 0 Å². The molecule has 90 valence electrons. The molecule has 0 spiro atoms. The molecule has 0 amide bonds. The summed E-state index contributed by atoms with van der Waals surface area (Å²) in [5.41, 5.74) is -0.172. The van der Waals surface area contributed by atoms with Crippen LogP contribution in [-0.2, 0) is 6.54 Å². The SMILES string of the molecule is Cc1ccc(F)c(CNCC(F)(F)F)c1F. The van der Waals surface area contributed by atoms with Crippen molar-refractivity contribution in [2.24, 2.45) is 0 Å². The zero-order chi connectivity index (χ0) is 12.3. The minimum absolute atomic E-state index is 0.199. The maximum Gasteiger partial charge on any atom is 0.401 e. The Hall–Kier alpha value is -1.17. The average molecular weight is 239 g/mol. The number of benzene rings is 1. The fourth-order valence-electron chi connectivity index (χ4n) is 1.21. The van der Waals surface area contributed by atoms with E-state index >= 15 is 0 Å². The van der Waals surface area contributed by atoms with E-state index in [1.54, 1.807) is 0 Å². The van der Waals surface area contributed by atoms with Crippen molar-refractivity contribution < 1.29 is 22.0 Å². The normalized spacial score (nSPS) is 11.9. The van der Waals surface area contributed by atoms with Gasteiger partial charge in [0.05, 0.1) is 6.54 Å². The summed E-state index contributed by atoms with van der Waals surface area (Å²) >= 11 is 0. The van der Waals surface area contributed by atoms with Crippen molar-refractivity contribution in [3.63, 3.8) is 0 Å². The lowest BCUT2D eigenvalue weighted by Gasteiger charge is -2.10. The van der Waals surface area contributed by atoms with Gasteiger partial charge in [0.2, 0.25) is 0 Å². The first kappa shape index (κ1) is 12.9. The Labute approximate surface area is 89.3 Å². The molecule has 1 N–H and O–H groups in total. The van der Waals surface area contributed by atoms with Crippen LogP contribution in [0.4, 0.5) is 22.0 Å². The maximum atomic E-state index is 13.3. The number of aryl methyl sites for hydroxylation is 1. The van der Waals surface area contributed by atoms with Crippen LogP contribution < -0.4 is 5.32 Å². The summed E-state index contributed by atoms with van der Waals surface area (Å²) in [6, 6.07) is 2.26. The summed E-state index contributed by atoms with van der Waals surface area (Å²) in [6.45, 7) is -0.347. The van der Waals surface area contributed by atoms with E-state index in [0.717, 1.165) is 6.07 Å². The molecule has 0 aliphatic rings. The third-order valence-electron chi connectivity index (χ3n) is 2.01. The number of nitrogens with one attached hydrogen (secondary N) is 1. The minimum atomic E-state index is -4.39. The van der Waals surface area contributed by atoms with Crippen molar-refractivity contribution in [2.45, 2.75) is 19.6 Å². The Morgan fingerprint density at radius 3 is 2.38 bits per heavy atom. The molecule has 6 heteroatoms. The molecule has 0 aliphatic carbocycles. The standard InChI is InChI=1S/C10H10F5N/c1-6-2-3-8(11)7(9(6)12)4-16-5-10(13,14)15/h2-3,16H,4-5H2,1H3. The maximum absolute atomic E-state index is 13.3. The lowest BCUT2D eigenvalue weighted by molar-refractivity contribution is -0.125. The van der Waals surface area contributed by atoms with Crippen LogP contribution in [-0.4, -0.2) is 12.7 Å². The number of rotatable bonds is 3. The molecule has 1 aromatic rings. The summed E-state index contributed by atoms with van der Waals surface area (Å²) in [7, 11) is 0. The predicted octanol–water partition coefficient (Wildman–Crippen LogP) is 2.93. The van der Waals surface area contributed by atoms with Crippen molar-refractivity contribution in [3.8, 4) is 0 Å². The van der Waals surface area contributed by atoms with E-state index in [2.05, 4.69) is 0 Å². The molecule has 16 heavy (non-hydrogen) atoms. The molecular weight excluding hydrogens is 229 g/mol. The third-order valence-corrected chi connectivity index (χ3v) is 2.01. The molecule has 1 rings (SSSR count). The van der Waals surface area contributed by atoms with Crippen LogP contribution >= 0.6 is 0 Å². The van der Waals surface area contributed by atoms with Gasteiger partial charge in [0.15, 0.2) is 0 Å². The molecule has 0 radical (unpaired) electrons. The Morgan fingerprint density at radius 2 is 1.81 bits per heavy atom. The van der Waals surface area contributed by atoms with Gasteiger partial charge in [-0.2, -0.15) is 13.2 Å². The van der Waals surface area contributed by atoms with E-state index in [0.29, 0.717) is 0 Å². The number of hydrogen-bond donors (Lipinski definition) is 1. The van der Waals surface area contributed by atoms with Crippen LogP contribution in [0, 0.1) is 18.6 Å². The lowest BCUT2D eigenvalue weighted by atomic mass is 10.1. The van der Waals surface area contributed by atoms with Gasteiger partial charge in [0.25, 0.3) is 0 Å². The van der Waals surface area contributed by atoms with Crippen LogP contribution in [0.15, 0.2) is 12.1 Å². The van der Waals surface area contributed by atoms with Crippen molar-refractivity contribution in [1.29, 1.82) is 0 Å². The Kier molecular flexibility index (Phi) is 3.85. The van der Waals surface area contributed by atoms with Crippen LogP contribution in [0.5, 0.6) is 0 Å². The molecule has 0 bridgehead atoms. The molecule has 1 aromatic carbocycles. The molecule has 0 saturated heterocycles. The van der Waals surface area contributed by atoms with Gasteiger partial charge in [-0.05, 0) is 18.6 Å². The molecule has 0 aliphatic heterocycles. The molecule has 0 aromatic heterocycles. The van der Waals surface area contributed by atoms with Gasteiger partial charge in [-0.25, -0.2) is 8.78 Å². The largest absolute Gasteiger partial charge is 0.401 e. The molecule has 0 heterocycles. The minimum Gasteiger partial charge on any atom is -0.304 e. The molecule has 0 unspecified atom stereocenters. The summed E-state index contributed by atoms with van der Waals surface area (Å²) in [6.07, 6.45) is -4.39. The molecule has 1 nitrogen and oxygen atoms in total. The van der Waals surface area contributed by atoms with Crippen LogP contribution in [0.2, 0.25) is 0 Å². The first-order valence-corrected chi connectivity index (χ1v) is 4.52. The second-order valence-corrected chi connectivity index (χ2v) is 3.38. The van der Waals surface area contributed by atoms with Gasteiger partial charge >= 0.3 is 6.18 Å². The van der Waals surface area contributed by atoms with Crippen molar-refractivity contribution >= 4 is 0 Å². The van der Waals surface area contributed by atoms with Crippen molar-refractivity contribution in [2.75, 3.05) is 6.54 Å². The topological polar surface area (TPSA) is 12.0 Å². The Balaban J connectivity index is 2.71. The van der Waals surface area contributed by atoms with Gasteiger partial charge in [0.1, 0.15) is 11.6 Å². The van der Waals surface area contributed by atoms with E-state index in [4.69, 9.17) is 0 Å². The highest BCUT2D eigenvalue weighted by Gasteiger charge is 2.26. The smallest absolute Gasteiger partial charge is 0.304 e. The molecule has 0 fully saturated rings. The molecule has 0 atom stereocenters. The second kappa shape index (κ2) is 4.78. The second-order valence-electron chi connectivity index (χ2n) is 3.38. The lowest BCUT2D eigenvalue weighted by Crippen LogP contribution is -2.29. The Bertz CT molecular complexity index is 372. The van der Waals surface area contributed by atoms with E-state index in [-0.39, 0.29) is 11.1 Å². The zero-order valence-electron chi connectivity index (χ0n) is 8.46. The number of hydrogen-bond acceptors (Lipinski definition) is 1. The Morgan fingerprint density at radius 1 is 1.19 bits per heavy atom. The van der Waals surface area contributed by atoms with Crippen molar-refractivity contribution in [1.82, 2.24) is 5.32 Å².